The van der Waals surface area contributed by atoms with Crippen LogP contribution in [0.2, 0.25) is 0 Å². The number of nitrogens with two attached hydrogens (primary N) is 1. The molecule has 11 heteroatoms. The summed E-state index contributed by atoms with van der Waals surface area (Å²) in [7, 11) is -2.45. The molecule has 0 aromatic carbocycles. The highest BCUT2D eigenvalue weighted by molar-refractivity contribution is 7.33. The van der Waals surface area contributed by atoms with Crippen LogP contribution in [0, 0.1) is 0 Å². The summed E-state index contributed by atoms with van der Waals surface area (Å²) in [5.41, 5.74) is 6.68. The number of ether oxygens (including phenoxy) is 1. The summed E-state index contributed by atoms with van der Waals surface area (Å²) >= 11 is 0. The topological polar surface area (TPSA) is 135 Å². The Labute approximate surface area is 119 Å². The van der Waals surface area contributed by atoms with E-state index in [2.05, 4.69) is 19.5 Å². The zero-order valence-corrected chi connectivity index (χ0v) is 11.5. The minimum atomic E-state index is -2.45. The molecule has 0 saturated heterocycles. The number of nitrogens with zero attached hydrogens (tertiary/aromatic N) is 4. The number of anilines is 1. The van der Waals surface area contributed by atoms with Crippen molar-refractivity contribution in [1.29, 1.82) is 0 Å². The zero-order valence-electron chi connectivity index (χ0n) is 10.6. The van der Waals surface area contributed by atoms with Crippen LogP contribution >= 0.6 is 8.25 Å². The molecule has 1 aliphatic rings. The lowest BCUT2D eigenvalue weighted by atomic mass is 10.4. The first-order valence-electron chi connectivity index (χ1n) is 5.83. The molecule has 3 atom stereocenters. The minimum Gasteiger partial charge on any atom is -0.382 e. The van der Waals surface area contributed by atoms with Crippen molar-refractivity contribution >= 4 is 25.2 Å². The standard InChI is InChI=1S/C10H11N5O5P/c11-9-8-10(13-3-12-9)15(4-14-8)6-1-2-7(19-6)20-21(17)18-5-16/h1-4,6-7,16H,5H2,(H2,11,12,13)/q+1. The summed E-state index contributed by atoms with van der Waals surface area (Å²) in [6.07, 6.45) is 4.70. The third-order valence-electron chi connectivity index (χ3n) is 2.72. The van der Waals surface area contributed by atoms with Crippen molar-refractivity contribution in [3.05, 3.63) is 24.8 Å². The summed E-state index contributed by atoms with van der Waals surface area (Å²) in [6.45, 7) is -0.697. The molecule has 3 heterocycles. The van der Waals surface area contributed by atoms with Crippen LogP contribution in [-0.4, -0.2) is 37.7 Å². The predicted octanol–water partition coefficient (Wildman–Crippen LogP) is 0.460. The van der Waals surface area contributed by atoms with E-state index in [1.165, 1.54) is 12.7 Å². The molecule has 0 spiro atoms. The average molecular weight is 312 g/mol. The summed E-state index contributed by atoms with van der Waals surface area (Å²) in [4.78, 5) is 12.1. The molecular weight excluding hydrogens is 301 g/mol. The number of hydrogen-bond donors (Lipinski definition) is 2. The maximum absolute atomic E-state index is 11.2. The molecule has 0 fully saturated rings. The smallest absolute Gasteiger partial charge is 0.382 e. The molecule has 10 nitrogen and oxygen atoms in total. The van der Waals surface area contributed by atoms with Crippen molar-refractivity contribution in [2.24, 2.45) is 0 Å². The fourth-order valence-corrected chi connectivity index (χ4v) is 2.30. The molecule has 0 radical (unpaired) electrons. The van der Waals surface area contributed by atoms with Crippen molar-refractivity contribution in [2.75, 3.05) is 12.5 Å². The fourth-order valence-electron chi connectivity index (χ4n) is 1.85. The van der Waals surface area contributed by atoms with Gasteiger partial charge in [0.25, 0.3) is 0 Å². The van der Waals surface area contributed by atoms with Crippen LogP contribution in [0.3, 0.4) is 0 Å². The van der Waals surface area contributed by atoms with E-state index in [4.69, 9.17) is 20.1 Å². The SMILES string of the molecule is Nc1ncnc2c1ncn2C1C=CC(O[P+](=O)OCO)O1. The summed E-state index contributed by atoms with van der Waals surface area (Å²) in [6, 6.07) is 0. The lowest BCUT2D eigenvalue weighted by Gasteiger charge is -2.12. The summed E-state index contributed by atoms with van der Waals surface area (Å²) < 4.78 is 27.7. The van der Waals surface area contributed by atoms with E-state index in [1.807, 2.05) is 0 Å². The van der Waals surface area contributed by atoms with E-state index in [1.54, 1.807) is 16.7 Å². The third kappa shape index (κ3) is 2.75. The van der Waals surface area contributed by atoms with Crippen LogP contribution < -0.4 is 5.73 Å². The molecule has 0 aliphatic carbocycles. The number of hydrogen-bond acceptors (Lipinski definition) is 9. The molecular formula is C10H11N5O5P+. The third-order valence-corrected chi connectivity index (χ3v) is 3.43. The maximum atomic E-state index is 11.2. The molecule has 3 N–H and O–H groups in total. The second kappa shape index (κ2) is 5.80. The number of fused-ring (bicyclic) bond motifs is 1. The van der Waals surface area contributed by atoms with Gasteiger partial charge in [0.2, 0.25) is 13.1 Å². The Balaban J connectivity index is 1.75. The van der Waals surface area contributed by atoms with Gasteiger partial charge in [-0.1, -0.05) is 9.05 Å². The van der Waals surface area contributed by atoms with Crippen molar-refractivity contribution in [2.45, 2.75) is 12.5 Å². The lowest BCUT2D eigenvalue weighted by Crippen LogP contribution is -2.13. The molecule has 21 heavy (non-hydrogen) atoms. The molecule has 110 valence electrons. The first kappa shape index (κ1) is 14.0. The van der Waals surface area contributed by atoms with Gasteiger partial charge in [0.15, 0.2) is 17.7 Å². The molecule has 3 unspecified atom stereocenters. The highest BCUT2D eigenvalue weighted by atomic mass is 31.1. The van der Waals surface area contributed by atoms with Crippen molar-refractivity contribution in [3.8, 4) is 0 Å². The molecule has 3 rings (SSSR count). The van der Waals surface area contributed by atoms with Crippen molar-refractivity contribution in [1.82, 2.24) is 19.5 Å². The van der Waals surface area contributed by atoms with Gasteiger partial charge >= 0.3 is 8.25 Å². The second-order valence-corrected chi connectivity index (χ2v) is 4.87. The van der Waals surface area contributed by atoms with E-state index >= 15 is 0 Å². The van der Waals surface area contributed by atoms with Gasteiger partial charge in [-0.3, -0.25) is 4.57 Å². The van der Waals surface area contributed by atoms with Gasteiger partial charge in [0.1, 0.15) is 11.8 Å². The number of nitrogen functional groups attached to an aromatic ring is 1. The molecule has 0 saturated carbocycles. The molecule has 2 aromatic rings. The second-order valence-electron chi connectivity index (χ2n) is 3.95. The normalized spacial score (nSPS) is 22.0. The number of aromatic nitrogens is 4. The molecule has 0 amide bonds. The van der Waals surface area contributed by atoms with Crippen molar-refractivity contribution < 1.29 is 23.5 Å². The maximum Gasteiger partial charge on any atom is 0.702 e. The van der Waals surface area contributed by atoms with E-state index in [0.29, 0.717) is 11.2 Å². The van der Waals surface area contributed by atoms with Gasteiger partial charge in [-0.25, -0.2) is 15.0 Å². The Morgan fingerprint density at radius 2 is 2.29 bits per heavy atom. The number of imidazole rings is 1. The van der Waals surface area contributed by atoms with Gasteiger partial charge < -0.3 is 15.6 Å². The van der Waals surface area contributed by atoms with Crippen LogP contribution in [0.25, 0.3) is 11.2 Å². The highest BCUT2D eigenvalue weighted by Crippen LogP contribution is 2.32. The fraction of sp³-hybridized carbons (Fsp3) is 0.300. The Morgan fingerprint density at radius 3 is 3.10 bits per heavy atom. The van der Waals surface area contributed by atoms with Crippen LogP contribution in [0.4, 0.5) is 5.82 Å². The van der Waals surface area contributed by atoms with Crippen LogP contribution in [0.5, 0.6) is 0 Å². The Morgan fingerprint density at radius 1 is 1.43 bits per heavy atom. The number of rotatable bonds is 5. The number of aliphatic hydroxyl groups excluding tert-OH is 1. The summed E-state index contributed by atoms with van der Waals surface area (Å²) in [5, 5.41) is 8.47. The van der Waals surface area contributed by atoms with E-state index in [0.717, 1.165) is 0 Å². The van der Waals surface area contributed by atoms with Gasteiger partial charge in [-0.2, -0.15) is 0 Å². The Bertz CT molecular complexity index is 704. The quantitative estimate of drug-likeness (QED) is 0.458. The van der Waals surface area contributed by atoms with Gasteiger partial charge in [-0.15, -0.1) is 0 Å². The van der Waals surface area contributed by atoms with Crippen molar-refractivity contribution in [3.63, 3.8) is 0 Å². The van der Waals surface area contributed by atoms with E-state index in [9.17, 15) is 4.57 Å². The first-order chi connectivity index (χ1) is 10.2. The zero-order chi connectivity index (χ0) is 14.8. The predicted molar refractivity (Wildman–Crippen MR) is 69.6 cm³/mol. The summed E-state index contributed by atoms with van der Waals surface area (Å²) in [5.74, 6) is 0.271. The lowest BCUT2D eigenvalue weighted by molar-refractivity contribution is -0.0855. The van der Waals surface area contributed by atoms with E-state index in [-0.39, 0.29) is 5.82 Å². The Kier molecular flexibility index (Phi) is 3.86. The highest BCUT2D eigenvalue weighted by Gasteiger charge is 2.32. The number of aliphatic hydroxyl groups is 1. The van der Waals surface area contributed by atoms with Gasteiger partial charge in [0.05, 0.1) is 6.33 Å². The van der Waals surface area contributed by atoms with Gasteiger partial charge in [0, 0.05) is 4.57 Å². The largest absolute Gasteiger partial charge is 0.702 e. The van der Waals surface area contributed by atoms with Crippen LogP contribution in [-0.2, 0) is 18.3 Å². The van der Waals surface area contributed by atoms with Crippen LogP contribution in [0.1, 0.15) is 6.23 Å². The monoisotopic (exact) mass is 312 g/mol. The molecule has 2 aromatic heterocycles. The first-order valence-corrected chi connectivity index (χ1v) is 6.93. The Hall–Kier alpha value is -1.97. The average Bonchev–Trinajstić information content (AvgIpc) is 3.06. The minimum absolute atomic E-state index is 0.271. The van der Waals surface area contributed by atoms with E-state index < -0.39 is 27.6 Å². The molecule has 0 bridgehead atoms. The van der Waals surface area contributed by atoms with Crippen LogP contribution in [0.15, 0.2) is 24.8 Å². The van der Waals surface area contributed by atoms with Gasteiger partial charge in [-0.05, 0) is 12.2 Å². The molecule has 1 aliphatic heterocycles.